The number of carbonyl (C=O) groups is 1. The van der Waals surface area contributed by atoms with Gasteiger partial charge in [0.2, 0.25) is 0 Å². The van der Waals surface area contributed by atoms with E-state index in [9.17, 15) is 4.79 Å². The van der Waals surface area contributed by atoms with Crippen molar-refractivity contribution in [3.63, 3.8) is 0 Å². The average Bonchev–Trinajstić information content (AvgIpc) is 2.45. The summed E-state index contributed by atoms with van der Waals surface area (Å²) in [5.41, 5.74) is 0. The van der Waals surface area contributed by atoms with Crippen LogP contribution in [0.2, 0.25) is 0 Å². The summed E-state index contributed by atoms with van der Waals surface area (Å²) in [6, 6.07) is 0. The molecule has 2 radical (unpaired) electrons. The number of carboxylic acid groups (broad SMARTS) is 1. The fourth-order valence-corrected chi connectivity index (χ4v) is 11.4. The van der Waals surface area contributed by atoms with Gasteiger partial charge in [0, 0.05) is 0 Å². The molecule has 1 N–H and O–H groups in total. The summed E-state index contributed by atoms with van der Waals surface area (Å²) in [5.74, 6) is 2.52. The van der Waals surface area contributed by atoms with Gasteiger partial charge in [-0.05, 0) is 0 Å². The standard InChI is InChI=1S/C16H34S.CHO2.Sn/c1-3-5-7-9-11-13-15-17-16-14-12-10-8-6-4-2;2-1-3;/h3-16H2,1-2H3;(H,2,3);/q;;-1/p+1. The first-order valence-electron chi connectivity index (χ1n) is 8.95. The van der Waals surface area contributed by atoms with E-state index in [1.807, 2.05) is 0 Å². The molecular formula is C17H36O2SSn. The molecule has 0 spiro atoms. The van der Waals surface area contributed by atoms with Gasteiger partial charge in [-0.1, -0.05) is 0 Å². The molecule has 126 valence electrons. The van der Waals surface area contributed by atoms with Gasteiger partial charge >= 0.3 is 144 Å². The summed E-state index contributed by atoms with van der Waals surface area (Å²) >= 11 is -1.14. The molecule has 2 nitrogen and oxygen atoms in total. The van der Waals surface area contributed by atoms with E-state index in [1.54, 1.807) is 0 Å². The molecule has 0 atom stereocenters. The Balaban J connectivity index is 3.64. The van der Waals surface area contributed by atoms with Crippen molar-refractivity contribution in [2.75, 3.05) is 11.5 Å². The molecule has 0 aliphatic carbocycles. The van der Waals surface area contributed by atoms with Crippen LogP contribution in [-0.2, 0) is 0 Å². The quantitative estimate of drug-likeness (QED) is 0.181. The van der Waals surface area contributed by atoms with Crippen LogP contribution in [0.5, 0.6) is 0 Å². The predicted molar refractivity (Wildman–Crippen MR) is 99.3 cm³/mol. The van der Waals surface area contributed by atoms with Crippen LogP contribution in [0.1, 0.15) is 90.9 Å². The van der Waals surface area contributed by atoms with Crippen LogP contribution >= 0.6 is 8.08 Å². The minimum atomic E-state index is -1.14. The topological polar surface area (TPSA) is 37.3 Å². The van der Waals surface area contributed by atoms with Crippen molar-refractivity contribution in [2.45, 2.75) is 90.9 Å². The zero-order valence-electron chi connectivity index (χ0n) is 14.2. The minimum absolute atomic E-state index is 0.0786. The second-order valence-electron chi connectivity index (χ2n) is 5.94. The van der Waals surface area contributed by atoms with Crippen LogP contribution in [0, 0.1) is 0 Å². The average molecular weight is 423 g/mol. The summed E-state index contributed by atoms with van der Waals surface area (Å²) in [6.45, 7) is 4.50. The third-order valence-corrected chi connectivity index (χ3v) is 14.2. The van der Waals surface area contributed by atoms with Gasteiger partial charge in [-0.2, -0.15) is 0 Å². The Morgan fingerprint density at radius 1 is 0.762 bits per heavy atom. The SMILES string of the molecule is CCCCCCCC[SH](CCCCCCCC)[Sn][C](=O)O. The van der Waals surface area contributed by atoms with Gasteiger partial charge < -0.3 is 0 Å². The third kappa shape index (κ3) is 16.8. The van der Waals surface area contributed by atoms with Crippen LogP contribution in [0.4, 0.5) is 4.79 Å². The zero-order chi connectivity index (χ0) is 15.8. The molecule has 0 amide bonds. The normalized spacial score (nSPS) is 11.6. The summed E-state index contributed by atoms with van der Waals surface area (Å²) < 4.78 is -0.415. The molecule has 0 aliphatic heterocycles. The Morgan fingerprint density at radius 2 is 1.14 bits per heavy atom. The molecule has 0 fully saturated rings. The predicted octanol–water partition coefficient (Wildman–Crippen LogP) is 6.01. The maximum atomic E-state index is 11.0. The van der Waals surface area contributed by atoms with Crippen LogP contribution in [0.15, 0.2) is 0 Å². The van der Waals surface area contributed by atoms with Gasteiger partial charge in [0.15, 0.2) is 0 Å². The molecule has 0 heterocycles. The second-order valence-corrected chi connectivity index (χ2v) is 16.7. The maximum absolute atomic E-state index is 11.0. The summed E-state index contributed by atoms with van der Waals surface area (Å²) in [6.07, 6.45) is 16.0. The molecular weight excluding hydrogens is 387 g/mol. The van der Waals surface area contributed by atoms with Gasteiger partial charge in [-0.15, -0.1) is 0 Å². The van der Waals surface area contributed by atoms with Crippen molar-refractivity contribution >= 4 is 31.8 Å². The van der Waals surface area contributed by atoms with Gasteiger partial charge in [-0.3, -0.25) is 0 Å². The first-order chi connectivity index (χ1) is 10.2. The second kappa shape index (κ2) is 17.0. The molecule has 0 bridgehead atoms. The van der Waals surface area contributed by atoms with Crippen molar-refractivity contribution < 1.29 is 9.90 Å². The third-order valence-electron chi connectivity index (χ3n) is 3.82. The van der Waals surface area contributed by atoms with Crippen molar-refractivity contribution in [2.24, 2.45) is 0 Å². The van der Waals surface area contributed by atoms with E-state index < -0.39 is 23.7 Å². The van der Waals surface area contributed by atoms with E-state index in [1.165, 1.54) is 88.6 Å². The van der Waals surface area contributed by atoms with Crippen LogP contribution in [-0.4, -0.2) is 40.4 Å². The summed E-state index contributed by atoms with van der Waals surface area (Å²) in [5, 5.41) is 9.12. The van der Waals surface area contributed by atoms with Crippen LogP contribution < -0.4 is 0 Å². The fourth-order valence-electron chi connectivity index (χ4n) is 2.52. The monoisotopic (exact) mass is 424 g/mol. The molecule has 0 saturated heterocycles. The number of unbranched alkanes of at least 4 members (excludes halogenated alkanes) is 10. The Hall–Kier alpha value is 0.619. The molecule has 0 unspecified atom stereocenters. The first kappa shape index (κ1) is 21.6. The summed E-state index contributed by atoms with van der Waals surface area (Å²) in [4.78, 5) is 11.0. The van der Waals surface area contributed by atoms with Crippen molar-refractivity contribution in [3.05, 3.63) is 0 Å². The Bertz CT molecular complexity index is 221. The van der Waals surface area contributed by atoms with Gasteiger partial charge in [0.05, 0.1) is 0 Å². The number of hydrogen-bond acceptors (Lipinski definition) is 1. The molecule has 0 aliphatic rings. The van der Waals surface area contributed by atoms with E-state index >= 15 is 0 Å². The molecule has 0 rings (SSSR count). The first-order valence-corrected chi connectivity index (χ1v) is 15.9. The van der Waals surface area contributed by atoms with Crippen LogP contribution in [0.25, 0.3) is 0 Å². The van der Waals surface area contributed by atoms with Crippen molar-refractivity contribution in [1.29, 1.82) is 0 Å². The van der Waals surface area contributed by atoms with E-state index in [-0.39, 0.29) is 8.08 Å². The van der Waals surface area contributed by atoms with Gasteiger partial charge in [0.25, 0.3) is 0 Å². The Labute approximate surface area is 143 Å². The number of rotatable bonds is 16. The molecule has 4 heteroatoms. The molecule has 21 heavy (non-hydrogen) atoms. The number of hydrogen-bond donors (Lipinski definition) is 2. The number of thiol groups is 1. The van der Waals surface area contributed by atoms with Crippen molar-refractivity contribution in [1.82, 2.24) is 0 Å². The van der Waals surface area contributed by atoms with Gasteiger partial charge in [-0.25, -0.2) is 0 Å². The van der Waals surface area contributed by atoms with Crippen molar-refractivity contribution in [3.8, 4) is 0 Å². The zero-order valence-corrected chi connectivity index (χ0v) is 18.0. The van der Waals surface area contributed by atoms with E-state index in [2.05, 4.69) is 13.8 Å². The Kier molecular flexibility index (Phi) is 17.5. The Morgan fingerprint density at radius 3 is 1.52 bits per heavy atom. The fraction of sp³-hybridized carbons (Fsp3) is 0.941. The van der Waals surface area contributed by atoms with E-state index in [0.717, 1.165) is 0 Å². The van der Waals surface area contributed by atoms with Crippen LogP contribution in [0.3, 0.4) is 0 Å². The van der Waals surface area contributed by atoms with E-state index in [0.29, 0.717) is 0 Å². The van der Waals surface area contributed by atoms with Gasteiger partial charge in [0.1, 0.15) is 0 Å². The van der Waals surface area contributed by atoms with E-state index in [4.69, 9.17) is 5.11 Å². The molecule has 0 aromatic rings. The summed E-state index contributed by atoms with van der Waals surface area (Å²) in [7, 11) is -0.0786. The molecule has 0 saturated carbocycles. The molecule has 0 aromatic carbocycles. The molecule has 0 aromatic heterocycles.